The molecule has 0 atom stereocenters. The van der Waals surface area contributed by atoms with Crippen molar-refractivity contribution in [2.24, 2.45) is 0 Å². The second kappa shape index (κ2) is 7.85. The fraction of sp³-hybridized carbons (Fsp3) is 0.333. The summed E-state index contributed by atoms with van der Waals surface area (Å²) in [4.78, 5) is 17.5. The number of aldehydes is 1. The highest BCUT2D eigenvalue weighted by Gasteiger charge is 2.09. The molecule has 5 nitrogen and oxygen atoms in total. The Morgan fingerprint density at radius 2 is 1.83 bits per heavy atom. The highest BCUT2D eigenvalue weighted by molar-refractivity contribution is 5.76. The molecule has 1 aromatic carbocycles. The van der Waals surface area contributed by atoms with Gasteiger partial charge in [0.15, 0.2) is 0 Å². The molecule has 1 aliphatic rings. The van der Waals surface area contributed by atoms with Crippen molar-refractivity contribution >= 4 is 12.1 Å². The molecule has 0 saturated carbocycles. The lowest BCUT2D eigenvalue weighted by atomic mass is 10.1. The first-order valence-corrected chi connectivity index (χ1v) is 7.91. The molecule has 3 rings (SSSR count). The Labute approximate surface area is 136 Å². The number of ether oxygens (including phenoxy) is 1. The predicted octanol–water partition coefficient (Wildman–Crippen LogP) is 2.31. The van der Waals surface area contributed by atoms with E-state index in [4.69, 9.17) is 4.74 Å². The maximum absolute atomic E-state index is 10.7. The Bertz CT molecular complexity index is 620. The Kier molecular flexibility index (Phi) is 5.34. The number of hydrogen-bond acceptors (Lipinski definition) is 5. The number of morpholine rings is 1. The van der Waals surface area contributed by atoms with Crippen molar-refractivity contribution in [2.45, 2.75) is 0 Å². The molecule has 0 bridgehead atoms. The van der Waals surface area contributed by atoms with Crippen LogP contribution in [0, 0.1) is 0 Å². The largest absolute Gasteiger partial charge is 0.379 e. The van der Waals surface area contributed by atoms with E-state index >= 15 is 0 Å². The van der Waals surface area contributed by atoms with Crippen molar-refractivity contribution in [1.29, 1.82) is 0 Å². The number of anilines is 1. The predicted molar refractivity (Wildman–Crippen MR) is 90.8 cm³/mol. The van der Waals surface area contributed by atoms with E-state index in [-0.39, 0.29) is 0 Å². The lowest BCUT2D eigenvalue weighted by Crippen LogP contribution is -2.39. The molecule has 120 valence electrons. The van der Waals surface area contributed by atoms with Crippen molar-refractivity contribution in [3.05, 3.63) is 48.2 Å². The average Bonchev–Trinajstić information content (AvgIpc) is 2.63. The third-order valence-corrected chi connectivity index (χ3v) is 3.98. The number of benzene rings is 1. The zero-order chi connectivity index (χ0) is 15.9. The van der Waals surface area contributed by atoms with Gasteiger partial charge in [-0.15, -0.1) is 0 Å². The highest BCUT2D eigenvalue weighted by Crippen LogP contribution is 2.19. The average molecular weight is 311 g/mol. The molecular weight excluding hydrogens is 290 g/mol. The van der Waals surface area contributed by atoms with Crippen LogP contribution in [0.1, 0.15) is 10.4 Å². The number of hydrogen-bond donors (Lipinski definition) is 1. The van der Waals surface area contributed by atoms with Crippen molar-refractivity contribution < 1.29 is 9.53 Å². The van der Waals surface area contributed by atoms with Crippen molar-refractivity contribution in [3.63, 3.8) is 0 Å². The minimum atomic E-state index is 0.683. The van der Waals surface area contributed by atoms with Gasteiger partial charge in [0, 0.05) is 43.5 Å². The summed E-state index contributed by atoms with van der Waals surface area (Å²) in [6.45, 7) is 5.54. The highest BCUT2D eigenvalue weighted by atomic mass is 16.5. The molecule has 0 unspecified atom stereocenters. The third kappa shape index (κ3) is 4.37. The SMILES string of the molecule is O=Cc1ccc(-c2ccc(NCCN3CCOCC3)nc2)cc1. The maximum atomic E-state index is 10.7. The lowest BCUT2D eigenvalue weighted by molar-refractivity contribution is 0.0398. The summed E-state index contributed by atoms with van der Waals surface area (Å²) < 4.78 is 5.34. The molecule has 0 aliphatic carbocycles. The van der Waals surface area contributed by atoms with Crippen molar-refractivity contribution in [3.8, 4) is 11.1 Å². The second-order valence-corrected chi connectivity index (χ2v) is 5.55. The molecule has 23 heavy (non-hydrogen) atoms. The fourth-order valence-corrected chi connectivity index (χ4v) is 2.59. The van der Waals surface area contributed by atoms with E-state index in [1.807, 2.05) is 42.6 Å². The number of rotatable bonds is 6. The third-order valence-electron chi connectivity index (χ3n) is 3.98. The zero-order valence-corrected chi connectivity index (χ0v) is 13.1. The van der Waals surface area contributed by atoms with Crippen LogP contribution in [0.5, 0.6) is 0 Å². The van der Waals surface area contributed by atoms with Gasteiger partial charge in [0.2, 0.25) is 0 Å². The zero-order valence-electron chi connectivity index (χ0n) is 13.1. The Morgan fingerprint density at radius 1 is 1.09 bits per heavy atom. The monoisotopic (exact) mass is 311 g/mol. The van der Waals surface area contributed by atoms with E-state index in [0.29, 0.717) is 5.56 Å². The molecule has 5 heteroatoms. The molecule has 1 fully saturated rings. The topological polar surface area (TPSA) is 54.5 Å². The van der Waals surface area contributed by atoms with Gasteiger partial charge in [-0.25, -0.2) is 4.98 Å². The lowest BCUT2D eigenvalue weighted by Gasteiger charge is -2.26. The summed E-state index contributed by atoms with van der Waals surface area (Å²) in [6.07, 6.45) is 2.70. The summed E-state index contributed by atoms with van der Waals surface area (Å²) in [5, 5.41) is 3.35. The molecule has 0 radical (unpaired) electrons. The quantitative estimate of drug-likeness (QED) is 0.830. The smallest absolute Gasteiger partial charge is 0.150 e. The minimum Gasteiger partial charge on any atom is -0.379 e. The van der Waals surface area contributed by atoms with Crippen LogP contribution < -0.4 is 5.32 Å². The van der Waals surface area contributed by atoms with Crippen LogP contribution >= 0.6 is 0 Å². The van der Waals surface area contributed by atoms with Crippen LogP contribution in [-0.2, 0) is 4.74 Å². The first-order valence-electron chi connectivity index (χ1n) is 7.91. The van der Waals surface area contributed by atoms with E-state index < -0.39 is 0 Å². The molecule has 0 spiro atoms. The van der Waals surface area contributed by atoms with E-state index in [1.165, 1.54) is 0 Å². The number of pyridine rings is 1. The van der Waals surface area contributed by atoms with Gasteiger partial charge in [-0.1, -0.05) is 24.3 Å². The Balaban J connectivity index is 1.52. The van der Waals surface area contributed by atoms with Crippen LogP contribution in [-0.4, -0.2) is 55.6 Å². The van der Waals surface area contributed by atoms with Crippen molar-refractivity contribution in [1.82, 2.24) is 9.88 Å². The Hall–Kier alpha value is -2.24. The molecule has 1 saturated heterocycles. The van der Waals surface area contributed by atoms with Crippen LogP contribution in [0.3, 0.4) is 0 Å². The first-order chi connectivity index (χ1) is 11.3. The Morgan fingerprint density at radius 3 is 2.48 bits per heavy atom. The number of nitrogens with zero attached hydrogens (tertiary/aromatic N) is 2. The second-order valence-electron chi connectivity index (χ2n) is 5.55. The summed E-state index contributed by atoms with van der Waals surface area (Å²) in [5.41, 5.74) is 2.78. The number of nitrogens with one attached hydrogen (secondary N) is 1. The molecule has 2 heterocycles. The summed E-state index contributed by atoms with van der Waals surface area (Å²) >= 11 is 0. The van der Waals surface area contributed by atoms with Crippen LogP contribution in [0.15, 0.2) is 42.6 Å². The van der Waals surface area contributed by atoms with Gasteiger partial charge in [0.05, 0.1) is 13.2 Å². The van der Waals surface area contributed by atoms with Gasteiger partial charge in [-0.3, -0.25) is 9.69 Å². The molecule has 1 aromatic heterocycles. The van der Waals surface area contributed by atoms with Gasteiger partial charge in [0.25, 0.3) is 0 Å². The molecule has 0 amide bonds. The number of aromatic nitrogens is 1. The van der Waals surface area contributed by atoms with Crippen LogP contribution in [0.4, 0.5) is 5.82 Å². The van der Waals surface area contributed by atoms with E-state index in [0.717, 1.165) is 62.6 Å². The van der Waals surface area contributed by atoms with Gasteiger partial charge in [-0.2, -0.15) is 0 Å². The van der Waals surface area contributed by atoms with E-state index in [1.54, 1.807) is 0 Å². The fourth-order valence-electron chi connectivity index (χ4n) is 2.59. The van der Waals surface area contributed by atoms with E-state index in [2.05, 4.69) is 15.2 Å². The molecule has 1 N–H and O–H groups in total. The van der Waals surface area contributed by atoms with E-state index in [9.17, 15) is 4.79 Å². The van der Waals surface area contributed by atoms with Gasteiger partial charge >= 0.3 is 0 Å². The van der Waals surface area contributed by atoms with Crippen LogP contribution in [0.2, 0.25) is 0 Å². The normalized spacial score (nSPS) is 15.3. The number of carbonyl (C=O) groups is 1. The molecular formula is C18H21N3O2. The van der Waals surface area contributed by atoms with Crippen LogP contribution in [0.25, 0.3) is 11.1 Å². The summed E-state index contributed by atoms with van der Waals surface area (Å²) in [7, 11) is 0. The molecule has 1 aliphatic heterocycles. The van der Waals surface area contributed by atoms with Gasteiger partial charge in [-0.05, 0) is 17.7 Å². The summed E-state index contributed by atoms with van der Waals surface area (Å²) in [6, 6.07) is 11.5. The van der Waals surface area contributed by atoms with Gasteiger partial charge in [0.1, 0.15) is 12.1 Å². The van der Waals surface area contributed by atoms with Crippen molar-refractivity contribution in [2.75, 3.05) is 44.7 Å². The number of carbonyl (C=O) groups excluding carboxylic acids is 1. The maximum Gasteiger partial charge on any atom is 0.150 e. The summed E-state index contributed by atoms with van der Waals surface area (Å²) in [5.74, 6) is 0.881. The van der Waals surface area contributed by atoms with Gasteiger partial charge < -0.3 is 10.1 Å². The molecule has 2 aromatic rings. The standard InChI is InChI=1S/C18H21N3O2/c22-14-15-1-3-16(4-2-15)17-5-6-18(20-13-17)19-7-8-21-9-11-23-12-10-21/h1-6,13-14H,7-12H2,(H,19,20). The minimum absolute atomic E-state index is 0.683. The first kappa shape index (κ1) is 15.6.